The second kappa shape index (κ2) is 9.36. The third kappa shape index (κ3) is 7.47. The molecule has 1 aliphatic rings. The van der Waals surface area contributed by atoms with Crippen LogP contribution in [0.25, 0.3) is 0 Å². The Labute approximate surface area is 170 Å². The number of urea groups is 1. The lowest BCUT2D eigenvalue weighted by Crippen LogP contribution is -2.45. The van der Waals surface area contributed by atoms with E-state index in [4.69, 9.17) is 4.74 Å². The molecule has 1 aromatic carbocycles. The van der Waals surface area contributed by atoms with E-state index in [0.29, 0.717) is 0 Å². The van der Waals surface area contributed by atoms with E-state index in [0.717, 1.165) is 25.7 Å². The van der Waals surface area contributed by atoms with Gasteiger partial charge in [-0.05, 0) is 51.8 Å². The molecule has 3 N–H and O–H groups in total. The summed E-state index contributed by atoms with van der Waals surface area (Å²) in [5, 5.41) is 4.79. The number of carbonyl (C=O) groups is 3. The molecule has 0 aliphatic heterocycles. The molecule has 0 saturated heterocycles. The Balaban J connectivity index is 1.90. The van der Waals surface area contributed by atoms with Crippen LogP contribution >= 0.6 is 0 Å². The van der Waals surface area contributed by atoms with Gasteiger partial charge in [0.2, 0.25) is 10.0 Å². The SMILES string of the molecule is CC(C)(C)NS(=O)(=O)c1cccc(C(=O)OCC(=O)NC(=O)NC2CCCC2)c1. The number of amides is 3. The Kier molecular flexibility index (Phi) is 7.37. The fourth-order valence-corrected chi connectivity index (χ4v) is 4.38. The first-order chi connectivity index (χ1) is 13.5. The maximum Gasteiger partial charge on any atom is 0.338 e. The number of imide groups is 1. The second-order valence-corrected chi connectivity index (χ2v) is 9.64. The van der Waals surface area contributed by atoms with Crippen molar-refractivity contribution in [2.45, 2.75) is 62.9 Å². The van der Waals surface area contributed by atoms with E-state index in [2.05, 4.69) is 15.4 Å². The van der Waals surface area contributed by atoms with E-state index < -0.39 is 40.1 Å². The number of nitrogens with one attached hydrogen (secondary N) is 3. The highest BCUT2D eigenvalue weighted by molar-refractivity contribution is 7.89. The molecule has 1 saturated carbocycles. The van der Waals surface area contributed by atoms with Crippen LogP contribution in [0.4, 0.5) is 4.79 Å². The molecule has 1 fully saturated rings. The van der Waals surface area contributed by atoms with Gasteiger partial charge in [-0.3, -0.25) is 10.1 Å². The van der Waals surface area contributed by atoms with Crippen molar-refractivity contribution in [3.63, 3.8) is 0 Å². The van der Waals surface area contributed by atoms with Crippen molar-refractivity contribution in [3.8, 4) is 0 Å². The zero-order valence-electron chi connectivity index (χ0n) is 16.8. The molecule has 3 amide bonds. The molecule has 0 unspecified atom stereocenters. The highest BCUT2D eigenvalue weighted by Gasteiger charge is 2.23. The molecule has 0 atom stereocenters. The number of benzene rings is 1. The highest BCUT2D eigenvalue weighted by Crippen LogP contribution is 2.17. The number of rotatable bonds is 6. The number of esters is 1. The number of sulfonamides is 1. The molecule has 0 bridgehead atoms. The predicted octanol–water partition coefficient (Wildman–Crippen LogP) is 1.69. The largest absolute Gasteiger partial charge is 0.452 e. The van der Waals surface area contributed by atoms with E-state index in [1.54, 1.807) is 20.8 Å². The van der Waals surface area contributed by atoms with Crippen LogP contribution in [0.15, 0.2) is 29.2 Å². The average molecular weight is 426 g/mol. The van der Waals surface area contributed by atoms with Gasteiger partial charge in [-0.1, -0.05) is 18.9 Å². The summed E-state index contributed by atoms with van der Waals surface area (Å²) in [7, 11) is -3.82. The lowest BCUT2D eigenvalue weighted by atomic mass is 10.1. The van der Waals surface area contributed by atoms with Crippen LogP contribution in [0.1, 0.15) is 56.8 Å². The van der Waals surface area contributed by atoms with Crippen molar-refractivity contribution in [2.24, 2.45) is 0 Å². The van der Waals surface area contributed by atoms with Crippen molar-refractivity contribution in [3.05, 3.63) is 29.8 Å². The van der Waals surface area contributed by atoms with Crippen LogP contribution in [0.2, 0.25) is 0 Å². The van der Waals surface area contributed by atoms with E-state index in [-0.39, 0.29) is 16.5 Å². The summed E-state index contributed by atoms with van der Waals surface area (Å²) in [6.07, 6.45) is 3.83. The van der Waals surface area contributed by atoms with Gasteiger partial charge in [0.05, 0.1) is 10.5 Å². The summed E-state index contributed by atoms with van der Waals surface area (Å²) in [6.45, 7) is 4.44. The first-order valence-electron chi connectivity index (χ1n) is 9.38. The van der Waals surface area contributed by atoms with Crippen LogP contribution in [0.5, 0.6) is 0 Å². The van der Waals surface area contributed by atoms with E-state index in [1.165, 1.54) is 24.3 Å². The van der Waals surface area contributed by atoms with E-state index in [9.17, 15) is 22.8 Å². The molecule has 0 heterocycles. The maximum atomic E-state index is 12.4. The molecule has 0 aromatic heterocycles. The van der Waals surface area contributed by atoms with Crippen LogP contribution in [0.3, 0.4) is 0 Å². The molecular formula is C19H27N3O6S. The van der Waals surface area contributed by atoms with Gasteiger partial charge in [-0.2, -0.15) is 0 Å². The lowest BCUT2D eigenvalue weighted by Gasteiger charge is -2.20. The zero-order chi connectivity index (χ0) is 21.7. The van der Waals surface area contributed by atoms with Crippen LogP contribution < -0.4 is 15.4 Å². The summed E-state index contributed by atoms with van der Waals surface area (Å²) in [5.74, 6) is -1.64. The Morgan fingerprint density at radius 2 is 1.79 bits per heavy atom. The monoisotopic (exact) mass is 425 g/mol. The predicted molar refractivity (Wildman–Crippen MR) is 106 cm³/mol. The third-order valence-electron chi connectivity index (χ3n) is 4.10. The summed E-state index contributed by atoms with van der Waals surface area (Å²) in [6, 6.07) is 4.73. The highest BCUT2D eigenvalue weighted by atomic mass is 32.2. The van der Waals surface area contributed by atoms with Gasteiger partial charge in [-0.25, -0.2) is 22.7 Å². The standard InChI is InChI=1S/C19H27N3O6S/c1-19(2,3)22-29(26,27)15-10-6-7-13(11-15)17(24)28-12-16(23)21-18(25)20-14-8-4-5-9-14/h6-7,10-11,14,22H,4-5,8-9,12H2,1-3H3,(H2,20,21,23,25). The summed E-state index contributed by atoms with van der Waals surface area (Å²) >= 11 is 0. The third-order valence-corrected chi connectivity index (χ3v) is 5.85. The number of carbonyl (C=O) groups excluding carboxylic acids is 3. The molecule has 160 valence electrons. The van der Waals surface area contributed by atoms with Gasteiger partial charge in [0.15, 0.2) is 6.61 Å². The molecule has 0 radical (unpaired) electrons. The van der Waals surface area contributed by atoms with Crippen molar-refractivity contribution >= 4 is 27.9 Å². The number of ether oxygens (including phenoxy) is 1. The molecule has 29 heavy (non-hydrogen) atoms. The first-order valence-corrected chi connectivity index (χ1v) is 10.9. The minimum absolute atomic E-state index is 0.0232. The topological polar surface area (TPSA) is 131 Å². The molecule has 2 rings (SSSR count). The Hall–Kier alpha value is -2.46. The molecular weight excluding hydrogens is 398 g/mol. The number of hydrogen-bond donors (Lipinski definition) is 3. The van der Waals surface area contributed by atoms with Crippen molar-refractivity contribution in [1.29, 1.82) is 0 Å². The van der Waals surface area contributed by atoms with Crippen molar-refractivity contribution < 1.29 is 27.5 Å². The van der Waals surface area contributed by atoms with E-state index >= 15 is 0 Å². The second-order valence-electron chi connectivity index (χ2n) is 7.96. The quantitative estimate of drug-likeness (QED) is 0.595. The Bertz CT molecular complexity index is 870. The first kappa shape index (κ1) is 22.8. The Morgan fingerprint density at radius 1 is 1.14 bits per heavy atom. The van der Waals surface area contributed by atoms with Gasteiger partial charge in [0.25, 0.3) is 5.91 Å². The zero-order valence-corrected chi connectivity index (χ0v) is 17.6. The maximum absolute atomic E-state index is 12.4. The number of hydrogen-bond acceptors (Lipinski definition) is 6. The van der Waals surface area contributed by atoms with Gasteiger partial charge in [0.1, 0.15) is 0 Å². The normalized spacial score (nSPS) is 15.0. The lowest BCUT2D eigenvalue weighted by molar-refractivity contribution is -0.123. The minimum Gasteiger partial charge on any atom is -0.452 e. The molecule has 0 spiro atoms. The molecule has 10 heteroatoms. The summed E-state index contributed by atoms with van der Waals surface area (Å²) in [4.78, 5) is 35.6. The van der Waals surface area contributed by atoms with Crippen LogP contribution in [-0.2, 0) is 19.6 Å². The van der Waals surface area contributed by atoms with Gasteiger partial charge < -0.3 is 10.1 Å². The van der Waals surface area contributed by atoms with Gasteiger partial charge >= 0.3 is 12.0 Å². The van der Waals surface area contributed by atoms with Crippen molar-refractivity contribution in [2.75, 3.05) is 6.61 Å². The fraction of sp³-hybridized carbons (Fsp3) is 0.526. The van der Waals surface area contributed by atoms with Gasteiger partial charge in [0, 0.05) is 11.6 Å². The summed E-state index contributed by atoms with van der Waals surface area (Å²) < 4.78 is 32.1. The molecule has 1 aromatic rings. The van der Waals surface area contributed by atoms with Crippen LogP contribution in [0, 0.1) is 0 Å². The minimum atomic E-state index is -3.82. The fourth-order valence-electron chi connectivity index (χ4n) is 2.92. The van der Waals surface area contributed by atoms with E-state index in [1.807, 2.05) is 0 Å². The average Bonchev–Trinajstić information content (AvgIpc) is 3.10. The summed E-state index contributed by atoms with van der Waals surface area (Å²) in [5.41, 5.74) is -0.711. The smallest absolute Gasteiger partial charge is 0.338 e. The molecule has 1 aliphatic carbocycles. The molecule has 9 nitrogen and oxygen atoms in total. The van der Waals surface area contributed by atoms with Crippen LogP contribution in [-0.4, -0.2) is 44.5 Å². The van der Waals surface area contributed by atoms with Gasteiger partial charge in [-0.15, -0.1) is 0 Å². The van der Waals surface area contributed by atoms with Crippen molar-refractivity contribution in [1.82, 2.24) is 15.4 Å². The Morgan fingerprint density at radius 3 is 2.41 bits per heavy atom.